The summed E-state index contributed by atoms with van der Waals surface area (Å²) >= 11 is 0. The molecule has 0 amide bonds. The summed E-state index contributed by atoms with van der Waals surface area (Å²) in [6.07, 6.45) is 4.00. The first kappa shape index (κ1) is 10.3. The summed E-state index contributed by atoms with van der Waals surface area (Å²) in [5.41, 5.74) is 9.52. The first-order chi connectivity index (χ1) is 8.16. The Hall–Kier alpha value is -1.84. The molecule has 1 aliphatic carbocycles. The third-order valence-corrected chi connectivity index (χ3v) is 3.19. The van der Waals surface area contributed by atoms with E-state index in [4.69, 9.17) is 5.73 Å². The van der Waals surface area contributed by atoms with Crippen LogP contribution in [0.3, 0.4) is 0 Å². The lowest BCUT2D eigenvalue weighted by Gasteiger charge is -2.10. The third kappa shape index (κ3) is 1.69. The van der Waals surface area contributed by atoms with Crippen LogP contribution >= 0.6 is 0 Å². The zero-order valence-electron chi connectivity index (χ0n) is 9.65. The molecule has 0 spiro atoms. The number of nitrogens with two attached hydrogens (primary N) is 1. The van der Waals surface area contributed by atoms with Crippen molar-refractivity contribution >= 4 is 5.69 Å². The molecule has 0 atom stereocenters. The van der Waals surface area contributed by atoms with Crippen molar-refractivity contribution in [1.29, 1.82) is 0 Å². The second-order valence-electron chi connectivity index (χ2n) is 4.60. The number of nitrogen functional groups attached to an aromatic ring is 1. The minimum Gasteiger partial charge on any atom is -0.396 e. The molecule has 4 heteroatoms. The van der Waals surface area contributed by atoms with E-state index < -0.39 is 0 Å². The Morgan fingerprint density at radius 2 is 2.18 bits per heavy atom. The van der Waals surface area contributed by atoms with Gasteiger partial charge in [0, 0.05) is 5.92 Å². The van der Waals surface area contributed by atoms with Gasteiger partial charge in [0.15, 0.2) is 0 Å². The molecule has 0 aliphatic heterocycles. The molecule has 2 N–H and O–H groups in total. The first-order valence-corrected chi connectivity index (χ1v) is 5.76. The fourth-order valence-corrected chi connectivity index (χ4v) is 2.18. The Morgan fingerprint density at radius 3 is 2.82 bits per heavy atom. The summed E-state index contributed by atoms with van der Waals surface area (Å²) in [6.45, 7) is 1.88. The number of hydrogen-bond acceptors (Lipinski definition) is 2. The van der Waals surface area contributed by atoms with Crippen molar-refractivity contribution in [2.24, 2.45) is 0 Å². The van der Waals surface area contributed by atoms with E-state index >= 15 is 0 Å². The number of aromatic nitrogens is 2. The fourth-order valence-electron chi connectivity index (χ4n) is 2.18. The van der Waals surface area contributed by atoms with Gasteiger partial charge in [-0.25, -0.2) is 9.07 Å². The van der Waals surface area contributed by atoms with Crippen LogP contribution in [0.15, 0.2) is 24.4 Å². The number of halogens is 1. The van der Waals surface area contributed by atoms with E-state index in [1.807, 2.05) is 11.6 Å². The number of aryl methyl sites for hydroxylation is 1. The predicted octanol–water partition coefficient (Wildman–Crippen LogP) is 2.78. The molecule has 1 heterocycles. The Labute approximate surface area is 99.1 Å². The minimum atomic E-state index is -0.223. The van der Waals surface area contributed by atoms with Crippen molar-refractivity contribution in [1.82, 2.24) is 9.78 Å². The molecule has 1 saturated carbocycles. The second kappa shape index (κ2) is 3.58. The van der Waals surface area contributed by atoms with Crippen LogP contribution in [-0.2, 0) is 0 Å². The first-order valence-electron chi connectivity index (χ1n) is 5.76. The zero-order chi connectivity index (χ0) is 12.0. The Bertz CT molecular complexity index is 570. The third-order valence-electron chi connectivity index (χ3n) is 3.19. The SMILES string of the molecule is Cc1cc(F)ccc1-n1ncc(N)c1C1CC1. The van der Waals surface area contributed by atoms with Gasteiger partial charge < -0.3 is 5.73 Å². The summed E-state index contributed by atoms with van der Waals surface area (Å²) in [6, 6.07) is 4.73. The summed E-state index contributed by atoms with van der Waals surface area (Å²) < 4.78 is 14.9. The average Bonchev–Trinajstić information content (AvgIpc) is 3.03. The van der Waals surface area contributed by atoms with Gasteiger partial charge in [0.2, 0.25) is 0 Å². The van der Waals surface area contributed by atoms with Crippen molar-refractivity contribution in [2.45, 2.75) is 25.7 Å². The monoisotopic (exact) mass is 231 g/mol. The van der Waals surface area contributed by atoms with Crippen molar-refractivity contribution in [3.05, 3.63) is 41.5 Å². The number of hydrogen-bond donors (Lipinski definition) is 1. The normalized spacial score (nSPS) is 15.2. The number of nitrogens with zero attached hydrogens (tertiary/aromatic N) is 2. The van der Waals surface area contributed by atoms with Gasteiger partial charge in [-0.1, -0.05) is 0 Å². The Morgan fingerprint density at radius 1 is 1.41 bits per heavy atom. The van der Waals surface area contributed by atoms with E-state index in [1.54, 1.807) is 12.3 Å². The maximum absolute atomic E-state index is 13.1. The summed E-state index contributed by atoms with van der Waals surface area (Å²) in [5.74, 6) is 0.293. The van der Waals surface area contributed by atoms with Gasteiger partial charge in [-0.3, -0.25) is 0 Å². The predicted molar refractivity (Wildman–Crippen MR) is 64.6 cm³/mol. The molecule has 3 rings (SSSR count). The molecule has 0 saturated heterocycles. The molecule has 0 radical (unpaired) electrons. The van der Waals surface area contributed by atoms with E-state index in [1.165, 1.54) is 12.1 Å². The standard InChI is InChI=1S/C13H14FN3/c1-8-6-10(14)4-5-12(8)17-13(9-2-3-9)11(15)7-16-17/h4-7,9H,2-3,15H2,1H3. The van der Waals surface area contributed by atoms with E-state index in [2.05, 4.69) is 5.10 Å². The van der Waals surface area contributed by atoms with Crippen LogP contribution in [0.25, 0.3) is 5.69 Å². The van der Waals surface area contributed by atoms with Crippen LogP contribution in [-0.4, -0.2) is 9.78 Å². The largest absolute Gasteiger partial charge is 0.396 e. The molecule has 17 heavy (non-hydrogen) atoms. The van der Waals surface area contributed by atoms with Gasteiger partial charge in [-0.05, 0) is 43.5 Å². The molecule has 0 unspecified atom stereocenters. The number of anilines is 1. The molecule has 0 bridgehead atoms. The minimum absolute atomic E-state index is 0.223. The lowest BCUT2D eigenvalue weighted by Crippen LogP contribution is -2.04. The van der Waals surface area contributed by atoms with Crippen LogP contribution in [0, 0.1) is 12.7 Å². The zero-order valence-corrected chi connectivity index (χ0v) is 9.65. The van der Waals surface area contributed by atoms with Gasteiger partial charge in [0.1, 0.15) is 5.82 Å². The maximum atomic E-state index is 13.1. The van der Waals surface area contributed by atoms with Crippen molar-refractivity contribution in [3.8, 4) is 5.69 Å². The molecule has 3 nitrogen and oxygen atoms in total. The highest BCUT2D eigenvalue weighted by Gasteiger charge is 2.30. The summed E-state index contributed by atoms with van der Waals surface area (Å²) in [4.78, 5) is 0. The average molecular weight is 231 g/mol. The molecular weight excluding hydrogens is 217 g/mol. The van der Waals surface area contributed by atoms with E-state index in [0.29, 0.717) is 5.92 Å². The summed E-state index contributed by atoms with van der Waals surface area (Å²) in [5, 5.41) is 4.31. The summed E-state index contributed by atoms with van der Waals surface area (Å²) in [7, 11) is 0. The molecule has 1 aromatic carbocycles. The lowest BCUT2D eigenvalue weighted by atomic mass is 10.2. The number of benzene rings is 1. The number of rotatable bonds is 2. The highest BCUT2D eigenvalue weighted by atomic mass is 19.1. The smallest absolute Gasteiger partial charge is 0.123 e. The lowest BCUT2D eigenvalue weighted by molar-refractivity contribution is 0.625. The molecule has 88 valence electrons. The molecule has 1 fully saturated rings. The van der Waals surface area contributed by atoms with Gasteiger partial charge in [-0.2, -0.15) is 5.10 Å². The van der Waals surface area contributed by atoms with Gasteiger partial charge >= 0.3 is 0 Å². The highest BCUT2D eigenvalue weighted by molar-refractivity contribution is 5.51. The molecular formula is C13H14FN3. The van der Waals surface area contributed by atoms with Crippen LogP contribution in [0.2, 0.25) is 0 Å². The van der Waals surface area contributed by atoms with Crippen LogP contribution in [0.4, 0.5) is 10.1 Å². The van der Waals surface area contributed by atoms with Crippen molar-refractivity contribution < 1.29 is 4.39 Å². The van der Waals surface area contributed by atoms with Crippen LogP contribution in [0.1, 0.15) is 30.0 Å². The van der Waals surface area contributed by atoms with Crippen LogP contribution in [0.5, 0.6) is 0 Å². The molecule has 1 aromatic heterocycles. The van der Waals surface area contributed by atoms with Crippen LogP contribution < -0.4 is 5.73 Å². The van der Waals surface area contributed by atoms with Gasteiger partial charge in [-0.15, -0.1) is 0 Å². The maximum Gasteiger partial charge on any atom is 0.123 e. The second-order valence-corrected chi connectivity index (χ2v) is 4.60. The van der Waals surface area contributed by atoms with E-state index in [0.717, 1.165) is 35.5 Å². The van der Waals surface area contributed by atoms with Crippen molar-refractivity contribution in [2.75, 3.05) is 5.73 Å². The quantitative estimate of drug-likeness (QED) is 0.863. The van der Waals surface area contributed by atoms with E-state index in [-0.39, 0.29) is 5.82 Å². The Kier molecular flexibility index (Phi) is 2.18. The fraction of sp³-hybridized carbons (Fsp3) is 0.308. The van der Waals surface area contributed by atoms with Gasteiger partial charge in [0.05, 0.1) is 23.3 Å². The van der Waals surface area contributed by atoms with E-state index in [9.17, 15) is 4.39 Å². The topological polar surface area (TPSA) is 43.8 Å². The Balaban J connectivity index is 2.14. The van der Waals surface area contributed by atoms with Gasteiger partial charge in [0.25, 0.3) is 0 Å². The van der Waals surface area contributed by atoms with Crippen molar-refractivity contribution in [3.63, 3.8) is 0 Å². The molecule has 1 aliphatic rings. The highest BCUT2D eigenvalue weighted by Crippen LogP contribution is 2.43. The molecule has 2 aromatic rings.